The number of allylic oxidation sites excluding steroid dienone is 4. The molecule has 0 aromatic rings. The van der Waals surface area contributed by atoms with E-state index in [2.05, 4.69) is 6.08 Å². The second-order valence-corrected chi connectivity index (χ2v) is 6.21. The van der Waals surface area contributed by atoms with Crippen LogP contribution in [-0.4, -0.2) is 11.6 Å². The fraction of sp³-hybridized carbons (Fsp3) is 0.647. The molecule has 2 atom stereocenters. The molecule has 0 amide bonds. The summed E-state index contributed by atoms with van der Waals surface area (Å²) in [6, 6.07) is 0. The molecule has 102 valence electrons. The summed E-state index contributed by atoms with van der Waals surface area (Å²) < 4.78 is 0. The monoisotopic (exact) mass is 258 g/mol. The highest BCUT2D eigenvalue weighted by Gasteiger charge is 2.33. The largest absolute Gasteiger partial charge is 0.299 e. The average Bonchev–Trinajstić information content (AvgIpc) is 2.74. The van der Waals surface area contributed by atoms with Crippen molar-refractivity contribution in [2.45, 2.75) is 57.8 Å². The van der Waals surface area contributed by atoms with Crippen molar-refractivity contribution in [3.05, 3.63) is 23.3 Å². The van der Waals surface area contributed by atoms with Crippen LogP contribution in [0.2, 0.25) is 0 Å². The topological polar surface area (TPSA) is 34.1 Å². The molecule has 3 aliphatic rings. The number of fused-ring (bicyclic) bond motifs is 2. The van der Waals surface area contributed by atoms with Gasteiger partial charge >= 0.3 is 0 Å². The molecule has 1 fully saturated rings. The lowest BCUT2D eigenvalue weighted by Gasteiger charge is -2.22. The summed E-state index contributed by atoms with van der Waals surface area (Å²) in [6.45, 7) is 0. The molecule has 0 N–H and O–H groups in total. The van der Waals surface area contributed by atoms with Gasteiger partial charge in [-0.1, -0.05) is 6.08 Å². The highest BCUT2D eigenvalue weighted by atomic mass is 16.1. The van der Waals surface area contributed by atoms with Crippen LogP contribution in [0, 0.1) is 11.8 Å². The van der Waals surface area contributed by atoms with Crippen LogP contribution in [-0.2, 0) is 9.59 Å². The maximum Gasteiger partial charge on any atom is 0.156 e. The molecule has 0 saturated heterocycles. The van der Waals surface area contributed by atoms with Gasteiger partial charge in [0.2, 0.25) is 0 Å². The normalized spacial score (nSPS) is 32.2. The second-order valence-electron chi connectivity index (χ2n) is 6.21. The van der Waals surface area contributed by atoms with Gasteiger partial charge in [-0.15, -0.1) is 0 Å². The van der Waals surface area contributed by atoms with Crippen LogP contribution in [0.3, 0.4) is 0 Å². The Morgan fingerprint density at radius 2 is 1.79 bits per heavy atom. The Morgan fingerprint density at radius 3 is 2.68 bits per heavy atom. The van der Waals surface area contributed by atoms with Gasteiger partial charge in [-0.05, 0) is 68.1 Å². The summed E-state index contributed by atoms with van der Waals surface area (Å²) in [6.07, 6.45) is 13.0. The molecule has 0 radical (unpaired) electrons. The summed E-state index contributed by atoms with van der Waals surface area (Å²) in [5, 5.41) is 0. The van der Waals surface area contributed by atoms with E-state index in [1.54, 1.807) is 0 Å². The molecule has 0 bridgehead atoms. The van der Waals surface area contributed by atoms with E-state index in [0.29, 0.717) is 24.0 Å². The Labute approximate surface area is 115 Å². The Morgan fingerprint density at radius 1 is 0.895 bits per heavy atom. The van der Waals surface area contributed by atoms with Gasteiger partial charge in [-0.3, -0.25) is 9.59 Å². The van der Waals surface area contributed by atoms with Crippen molar-refractivity contribution >= 4 is 11.6 Å². The van der Waals surface area contributed by atoms with Crippen LogP contribution in [0.25, 0.3) is 0 Å². The predicted octanol–water partition coefficient (Wildman–Crippen LogP) is 3.76. The number of carbonyl (C=O) groups excluding carboxylic acids is 2. The second kappa shape index (κ2) is 5.44. The number of Topliss-reactive ketones (excluding diaryl/α,β-unsaturated/α-hetero) is 1. The summed E-state index contributed by atoms with van der Waals surface area (Å²) >= 11 is 0. The molecule has 0 aromatic heterocycles. The average molecular weight is 258 g/mol. The highest BCUT2D eigenvalue weighted by molar-refractivity contribution is 5.92. The molecule has 2 nitrogen and oxygen atoms in total. The van der Waals surface area contributed by atoms with Gasteiger partial charge < -0.3 is 0 Å². The summed E-state index contributed by atoms with van der Waals surface area (Å²) in [5.41, 5.74) is 2.66. The van der Waals surface area contributed by atoms with Crippen LogP contribution in [0.15, 0.2) is 23.3 Å². The quantitative estimate of drug-likeness (QED) is 0.663. The number of ketones is 2. The molecule has 3 rings (SSSR count). The molecule has 2 unspecified atom stereocenters. The Bertz CT molecular complexity index is 456. The van der Waals surface area contributed by atoms with Crippen LogP contribution in [0.4, 0.5) is 0 Å². The minimum atomic E-state index is 0.290. The van der Waals surface area contributed by atoms with Gasteiger partial charge in [-0.25, -0.2) is 0 Å². The SMILES string of the molecule is O=C1C=C2CCCC3CCC(=O)C3CCC=C2CC1. The zero-order chi connectivity index (χ0) is 13.2. The van der Waals surface area contributed by atoms with Crippen molar-refractivity contribution in [3.8, 4) is 0 Å². The van der Waals surface area contributed by atoms with E-state index in [1.807, 2.05) is 6.08 Å². The van der Waals surface area contributed by atoms with Crippen molar-refractivity contribution in [2.24, 2.45) is 11.8 Å². The van der Waals surface area contributed by atoms with E-state index >= 15 is 0 Å². The van der Waals surface area contributed by atoms with Crippen LogP contribution in [0.1, 0.15) is 57.8 Å². The summed E-state index contributed by atoms with van der Waals surface area (Å²) in [4.78, 5) is 23.5. The Kier molecular flexibility index (Phi) is 3.67. The fourth-order valence-electron chi connectivity index (χ4n) is 3.95. The first kappa shape index (κ1) is 12.8. The molecular weight excluding hydrogens is 236 g/mol. The third-order valence-electron chi connectivity index (χ3n) is 5.02. The minimum Gasteiger partial charge on any atom is -0.299 e. The van der Waals surface area contributed by atoms with Gasteiger partial charge in [-0.2, -0.15) is 0 Å². The van der Waals surface area contributed by atoms with E-state index in [0.717, 1.165) is 51.4 Å². The molecule has 0 spiro atoms. The van der Waals surface area contributed by atoms with Crippen molar-refractivity contribution < 1.29 is 9.59 Å². The Balaban J connectivity index is 1.79. The molecule has 0 aromatic carbocycles. The molecule has 3 aliphatic carbocycles. The minimum absolute atomic E-state index is 0.290. The predicted molar refractivity (Wildman–Crippen MR) is 74.7 cm³/mol. The van der Waals surface area contributed by atoms with E-state index in [-0.39, 0.29) is 5.78 Å². The van der Waals surface area contributed by atoms with Crippen LogP contribution < -0.4 is 0 Å². The third kappa shape index (κ3) is 2.72. The highest BCUT2D eigenvalue weighted by Crippen LogP contribution is 2.38. The van der Waals surface area contributed by atoms with E-state index in [4.69, 9.17) is 0 Å². The zero-order valence-electron chi connectivity index (χ0n) is 11.5. The molecule has 1 saturated carbocycles. The third-order valence-corrected chi connectivity index (χ3v) is 5.02. The maximum absolute atomic E-state index is 11.9. The molecular formula is C17H22O2. The van der Waals surface area contributed by atoms with E-state index < -0.39 is 0 Å². The van der Waals surface area contributed by atoms with Gasteiger partial charge in [0.1, 0.15) is 5.78 Å². The lowest BCUT2D eigenvalue weighted by Crippen LogP contribution is -2.16. The first-order valence-electron chi connectivity index (χ1n) is 7.69. The van der Waals surface area contributed by atoms with Gasteiger partial charge in [0.05, 0.1) is 0 Å². The number of hydrogen-bond donors (Lipinski definition) is 0. The van der Waals surface area contributed by atoms with Crippen LogP contribution >= 0.6 is 0 Å². The lowest BCUT2D eigenvalue weighted by atomic mass is 9.82. The lowest BCUT2D eigenvalue weighted by molar-refractivity contribution is -0.121. The standard InChI is InChI=1S/C17H22O2/c18-15-9-7-12-3-2-6-16-13(8-10-17(16)19)4-1-5-14(12)11-15/h3,11,13,16H,1-2,4-10H2. The molecule has 2 heteroatoms. The first-order valence-corrected chi connectivity index (χ1v) is 7.69. The first-order chi connectivity index (χ1) is 9.24. The van der Waals surface area contributed by atoms with Crippen molar-refractivity contribution in [3.63, 3.8) is 0 Å². The van der Waals surface area contributed by atoms with Gasteiger partial charge in [0, 0.05) is 18.8 Å². The number of rotatable bonds is 0. The number of carbonyl (C=O) groups is 2. The molecule has 0 heterocycles. The van der Waals surface area contributed by atoms with Crippen LogP contribution in [0.5, 0.6) is 0 Å². The van der Waals surface area contributed by atoms with Crippen molar-refractivity contribution in [1.82, 2.24) is 0 Å². The van der Waals surface area contributed by atoms with Crippen molar-refractivity contribution in [1.29, 1.82) is 0 Å². The van der Waals surface area contributed by atoms with Gasteiger partial charge in [0.15, 0.2) is 5.78 Å². The summed E-state index contributed by atoms with van der Waals surface area (Å²) in [7, 11) is 0. The number of hydrogen-bond acceptors (Lipinski definition) is 2. The van der Waals surface area contributed by atoms with E-state index in [1.165, 1.54) is 11.1 Å². The van der Waals surface area contributed by atoms with E-state index in [9.17, 15) is 9.59 Å². The fourth-order valence-corrected chi connectivity index (χ4v) is 3.95. The maximum atomic E-state index is 11.9. The Hall–Kier alpha value is -1.18. The summed E-state index contributed by atoms with van der Waals surface area (Å²) in [5.74, 6) is 1.73. The molecule has 19 heavy (non-hydrogen) atoms. The van der Waals surface area contributed by atoms with Gasteiger partial charge in [0.25, 0.3) is 0 Å². The molecule has 0 aliphatic heterocycles. The van der Waals surface area contributed by atoms with Crippen molar-refractivity contribution in [2.75, 3.05) is 0 Å². The smallest absolute Gasteiger partial charge is 0.156 e. The zero-order valence-corrected chi connectivity index (χ0v) is 11.5.